The van der Waals surface area contributed by atoms with E-state index in [0.717, 1.165) is 120 Å². The monoisotopic (exact) mass is 1370 g/mol. The summed E-state index contributed by atoms with van der Waals surface area (Å²) in [5, 5.41) is 10.6. The highest BCUT2D eigenvalue weighted by Gasteiger charge is 2.30. The molecule has 8 atom stereocenters. The molecule has 0 fully saturated rings. The summed E-state index contributed by atoms with van der Waals surface area (Å²) in [6, 6.07) is 0. The summed E-state index contributed by atoms with van der Waals surface area (Å²) in [4.78, 5) is 72.7. The minimum atomic E-state index is -4.96. The largest absolute Gasteiger partial charge is 0.472 e. The number of phosphoric acid groups is 2. The number of esters is 4. The Labute approximate surface area is 568 Å². The Morgan fingerprint density at radius 3 is 0.763 bits per heavy atom. The van der Waals surface area contributed by atoms with Crippen LogP contribution in [0.4, 0.5) is 0 Å². The van der Waals surface area contributed by atoms with Gasteiger partial charge in [-0.15, -0.1) is 0 Å². The summed E-state index contributed by atoms with van der Waals surface area (Å²) in [5.41, 5.74) is 0. The third kappa shape index (κ3) is 64.5. The molecule has 0 aliphatic heterocycles. The predicted octanol–water partition coefficient (Wildman–Crippen LogP) is 21.3. The molecule has 0 bridgehead atoms. The van der Waals surface area contributed by atoms with E-state index in [0.29, 0.717) is 25.7 Å². The van der Waals surface area contributed by atoms with E-state index in [-0.39, 0.29) is 25.7 Å². The maximum absolute atomic E-state index is 13.1. The van der Waals surface area contributed by atoms with Crippen LogP contribution in [0.15, 0.2) is 0 Å². The van der Waals surface area contributed by atoms with Crippen molar-refractivity contribution in [3.8, 4) is 0 Å². The van der Waals surface area contributed by atoms with E-state index in [2.05, 4.69) is 55.4 Å². The highest BCUT2D eigenvalue weighted by molar-refractivity contribution is 7.47. The van der Waals surface area contributed by atoms with Gasteiger partial charge in [0.25, 0.3) is 0 Å². The van der Waals surface area contributed by atoms with Crippen LogP contribution in [0.3, 0.4) is 0 Å². The van der Waals surface area contributed by atoms with Gasteiger partial charge in [0.15, 0.2) is 12.2 Å². The first-order chi connectivity index (χ1) is 44.7. The van der Waals surface area contributed by atoms with Gasteiger partial charge in [-0.25, -0.2) is 9.13 Å². The van der Waals surface area contributed by atoms with Crippen molar-refractivity contribution in [3.05, 3.63) is 0 Å². The van der Waals surface area contributed by atoms with Crippen molar-refractivity contribution in [1.82, 2.24) is 0 Å². The molecule has 93 heavy (non-hydrogen) atoms. The molecule has 0 amide bonds. The summed E-state index contributed by atoms with van der Waals surface area (Å²) >= 11 is 0. The summed E-state index contributed by atoms with van der Waals surface area (Å²) < 4.78 is 68.4. The van der Waals surface area contributed by atoms with Gasteiger partial charge in [-0.05, 0) is 49.4 Å². The minimum Gasteiger partial charge on any atom is -0.462 e. The zero-order valence-corrected chi connectivity index (χ0v) is 62.7. The normalized spacial score (nSPS) is 15.1. The van der Waals surface area contributed by atoms with E-state index in [4.69, 9.17) is 37.0 Å². The molecular weight excluding hydrogens is 1220 g/mol. The molecule has 0 spiro atoms. The van der Waals surface area contributed by atoms with Gasteiger partial charge in [0.2, 0.25) is 0 Å². The third-order valence-electron chi connectivity index (χ3n) is 18.2. The van der Waals surface area contributed by atoms with Crippen molar-refractivity contribution in [3.63, 3.8) is 0 Å². The van der Waals surface area contributed by atoms with Crippen LogP contribution in [0.5, 0.6) is 0 Å². The Morgan fingerprint density at radius 2 is 0.516 bits per heavy atom. The Balaban J connectivity index is 5.23. The minimum absolute atomic E-state index is 0.105. The van der Waals surface area contributed by atoms with E-state index in [1.54, 1.807) is 0 Å². The fourth-order valence-corrected chi connectivity index (χ4v) is 12.7. The second kappa shape index (κ2) is 63.5. The molecule has 0 aromatic heterocycles. The van der Waals surface area contributed by atoms with E-state index in [1.165, 1.54) is 167 Å². The van der Waals surface area contributed by atoms with Crippen LogP contribution < -0.4 is 0 Å². The predicted molar refractivity (Wildman–Crippen MR) is 377 cm³/mol. The Hall–Kier alpha value is -1.94. The topological polar surface area (TPSA) is 237 Å². The first kappa shape index (κ1) is 91.1. The first-order valence-corrected chi connectivity index (χ1v) is 41.3. The van der Waals surface area contributed by atoms with Crippen LogP contribution >= 0.6 is 15.6 Å². The van der Waals surface area contributed by atoms with Gasteiger partial charge >= 0.3 is 39.5 Å². The summed E-state index contributed by atoms with van der Waals surface area (Å²) in [7, 11) is -9.91. The van der Waals surface area contributed by atoms with E-state index in [9.17, 15) is 43.2 Å². The van der Waals surface area contributed by atoms with Crippen LogP contribution in [0.25, 0.3) is 0 Å². The zero-order valence-electron chi connectivity index (χ0n) is 60.9. The van der Waals surface area contributed by atoms with Crippen LogP contribution in [-0.2, 0) is 65.4 Å². The second-order valence-corrected chi connectivity index (χ2v) is 30.8. The number of rotatable bonds is 71. The van der Waals surface area contributed by atoms with Gasteiger partial charge in [0, 0.05) is 25.7 Å². The van der Waals surface area contributed by atoms with Crippen LogP contribution in [-0.4, -0.2) is 96.7 Å². The number of aliphatic hydroxyl groups excluding tert-OH is 1. The molecule has 3 N–H and O–H groups in total. The summed E-state index contributed by atoms with van der Waals surface area (Å²) in [6.07, 6.45) is 47.1. The molecule has 0 heterocycles. The molecule has 0 saturated heterocycles. The van der Waals surface area contributed by atoms with Crippen LogP contribution in [0.2, 0.25) is 0 Å². The molecule has 5 unspecified atom stereocenters. The van der Waals surface area contributed by atoms with Crippen LogP contribution in [0, 0.1) is 23.7 Å². The molecule has 552 valence electrons. The van der Waals surface area contributed by atoms with Crippen molar-refractivity contribution in [2.45, 2.75) is 388 Å². The fraction of sp³-hybridized carbons (Fsp3) is 0.946. The van der Waals surface area contributed by atoms with Gasteiger partial charge in [-0.1, -0.05) is 319 Å². The number of hydrogen-bond donors (Lipinski definition) is 3. The maximum Gasteiger partial charge on any atom is 0.472 e. The SMILES string of the molecule is CCC(C)CCCCCCCCCCCCCCCCC(=O)OC[C@H](COP(=O)(O)OC[C@@H](O)COP(=O)(O)OC[C@@H](COC(=O)CCCCCCCCC(C)CC)OC(=O)CCCCCCCCCCCCC(C)C)OC(=O)CCCCCCCCCCC(C)CC. The molecule has 17 nitrogen and oxygen atoms in total. The average molecular weight is 1370 g/mol. The second-order valence-electron chi connectivity index (χ2n) is 27.9. The average Bonchev–Trinajstić information content (AvgIpc) is 2.33. The smallest absolute Gasteiger partial charge is 0.462 e. The van der Waals surface area contributed by atoms with Gasteiger partial charge in [-0.2, -0.15) is 0 Å². The Morgan fingerprint density at radius 1 is 0.301 bits per heavy atom. The summed E-state index contributed by atoms with van der Waals surface area (Å²) in [5.74, 6) is 0.976. The summed E-state index contributed by atoms with van der Waals surface area (Å²) in [6.45, 7) is 14.2. The lowest BCUT2D eigenvalue weighted by Gasteiger charge is -2.21. The van der Waals surface area contributed by atoms with Gasteiger partial charge < -0.3 is 33.8 Å². The number of hydrogen-bond acceptors (Lipinski definition) is 15. The standard InChI is InChI=1S/C74H144O17P2/c1-9-65(6)51-43-35-27-21-16-14-12-13-15-17-22-29-38-46-54-71(76)84-60-69(91-74(79)57-49-41-31-25-24-28-36-44-52-66(7)10-2)62-88-92(80,81)86-58-68(75)59-87-93(82,83)89-63-70(61-85-72(77)55-47-39-33-32-37-45-53-67(8)11-3)90-73(78)56-48-40-30-23-19-18-20-26-34-42-50-64(4)5/h64-70,75H,9-63H2,1-8H3,(H,80,81)(H,82,83)/t65?,66?,67?,68-,69-,70-/m1/s1. The van der Waals surface area contributed by atoms with E-state index >= 15 is 0 Å². The molecule has 0 aromatic rings. The quantitative estimate of drug-likeness (QED) is 0.0222. The maximum atomic E-state index is 13.1. The van der Waals surface area contributed by atoms with Crippen molar-refractivity contribution in [2.75, 3.05) is 39.6 Å². The number of carbonyl (C=O) groups excluding carboxylic acids is 4. The molecule has 0 aliphatic carbocycles. The molecule has 0 aliphatic rings. The highest BCUT2D eigenvalue weighted by atomic mass is 31.2. The number of carbonyl (C=O) groups is 4. The highest BCUT2D eigenvalue weighted by Crippen LogP contribution is 2.45. The number of ether oxygens (including phenoxy) is 4. The lowest BCUT2D eigenvalue weighted by molar-refractivity contribution is -0.161. The van der Waals surface area contributed by atoms with Crippen molar-refractivity contribution >= 4 is 39.5 Å². The molecule has 0 radical (unpaired) electrons. The molecule has 0 saturated carbocycles. The van der Waals surface area contributed by atoms with E-state index in [1.807, 2.05) is 0 Å². The number of aliphatic hydroxyl groups is 1. The van der Waals surface area contributed by atoms with Gasteiger partial charge in [-0.3, -0.25) is 37.3 Å². The Kier molecular flexibility index (Phi) is 62.2. The van der Waals surface area contributed by atoms with Crippen LogP contribution in [0.1, 0.15) is 370 Å². The lowest BCUT2D eigenvalue weighted by atomic mass is 9.99. The molecule has 19 heteroatoms. The van der Waals surface area contributed by atoms with Gasteiger partial charge in [0.1, 0.15) is 19.3 Å². The number of unbranched alkanes of at least 4 members (excludes halogenated alkanes) is 34. The van der Waals surface area contributed by atoms with Crippen molar-refractivity contribution in [1.29, 1.82) is 0 Å². The van der Waals surface area contributed by atoms with Crippen molar-refractivity contribution in [2.24, 2.45) is 23.7 Å². The molecule has 0 rings (SSSR count). The fourth-order valence-electron chi connectivity index (χ4n) is 11.1. The molecule has 0 aromatic carbocycles. The van der Waals surface area contributed by atoms with Gasteiger partial charge in [0.05, 0.1) is 26.4 Å². The number of phosphoric ester groups is 2. The molecular formula is C74H144O17P2. The first-order valence-electron chi connectivity index (χ1n) is 38.3. The van der Waals surface area contributed by atoms with E-state index < -0.39 is 97.5 Å². The lowest BCUT2D eigenvalue weighted by Crippen LogP contribution is -2.30. The third-order valence-corrected chi connectivity index (χ3v) is 20.1. The zero-order chi connectivity index (χ0) is 68.9. The Bertz CT molecular complexity index is 1840. The van der Waals surface area contributed by atoms with Crippen molar-refractivity contribution < 1.29 is 80.2 Å².